The van der Waals surface area contributed by atoms with Gasteiger partial charge in [0.1, 0.15) is 5.75 Å². The number of amides is 1. The molecule has 0 unspecified atom stereocenters. The first-order valence-corrected chi connectivity index (χ1v) is 10.2. The maximum atomic E-state index is 12.3. The molecule has 0 aliphatic carbocycles. The van der Waals surface area contributed by atoms with Gasteiger partial charge in [0.15, 0.2) is 6.61 Å². The Morgan fingerprint density at radius 3 is 2.62 bits per heavy atom. The second kappa shape index (κ2) is 7.67. The van der Waals surface area contributed by atoms with Gasteiger partial charge in [-0.2, -0.15) is 4.98 Å². The van der Waals surface area contributed by atoms with Crippen LogP contribution in [0.4, 0.5) is 5.95 Å². The minimum Gasteiger partial charge on any atom is -0.483 e. The maximum absolute atomic E-state index is 12.3. The Labute approximate surface area is 173 Å². The van der Waals surface area contributed by atoms with Crippen LogP contribution in [0.25, 0.3) is 16.2 Å². The second-order valence-electron chi connectivity index (χ2n) is 7.16. The molecule has 0 aliphatic heterocycles. The molecule has 0 saturated carbocycles. The van der Waals surface area contributed by atoms with Gasteiger partial charge in [-0.15, -0.1) is 16.4 Å². The predicted octanol–water partition coefficient (Wildman–Crippen LogP) is 4.71. The van der Waals surface area contributed by atoms with Gasteiger partial charge in [-0.05, 0) is 50.5 Å². The third-order valence-electron chi connectivity index (χ3n) is 4.80. The van der Waals surface area contributed by atoms with Crippen LogP contribution >= 0.6 is 11.3 Å². The van der Waals surface area contributed by atoms with E-state index in [0.29, 0.717) is 0 Å². The van der Waals surface area contributed by atoms with Crippen LogP contribution in [0.2, 0.25) is 0 Å². The average molecular weight is 407 g/mol. The fraction of sp³-hybridized carbons (Fsp3) is 0.227. The van der Waals surface area contributed by atoms with E-state index in [1.165, 1.54) is 16.9 Å². The molecule has 0 fully saturated rings. The van der Waals surface area contributed by atoms with Crippen LogP contribution in [0, 0.1) is 27.7 Å². The molecule has 7 heteroatoms. The van der Waals surface area contributed by atoms with Crippen molar-refractivity contribution in [1.29, 1.82) is 0 Å². The number of thiazole rings is 1. The van der Waals surface area contributed by atoms with E-state index in [1.54, 1.807) is 4.52 Å². The minimum atomic E-state index is -0.293. The fourth-order valence-electron chi connectivity index (χ4n) is 3.11. The van der Waals surface area contributed by atoms with Crippen LogP contribution < -0.4 is 10.1 Å². The molecule has 2 aromatic heterocycles. The summed E-state index contributed by atoms with van der Waals surface area (Å²) in [4.78, 5) is 17.5. The molecule has 1 N–H and O–H groups in total. The van der Waals surface area contributed by atoms with Crippen molar-refractivity contribution < 1.29 is 9.53 Å². The number of ether oxygens (including phenoxy) is 1. The molecule has 0 saturated heterocycles. The molecule has 0 aliphatic rings. The highest BCUT2D eigenvalue weighted by molar-refractivity contribution is 7.15. The summed E-state index contributed by atoms with van der Waals surface area (Å²) in [6, 6.07) is 12.3. The van der Waals surface area contributed by atoms with Crippen molar-refractivity contribution in [2.75, 3.05) is 11.9 Å². The first-order chi connectivity index (χ1) is 13.9. The number of anilines is 1. The number of aryl methyl sites for hydroxylation is 3. The molecule has 4 rings (SSSR count). The highest BCUT2D eigenvalue weighted by atomic mass is 32.1. The number of nitrogens with zero attached hydrogens (tertiary/aromatic N) is 3. The van der Waals surface area contributed by atoms with Crippen molar-refractivity contribution in [2.45, 2.75) is 27.7 Å². The van der Waals surface area contributed by atoms with Crippen LogP contribution in [-0.2, 0) is 4.79 Å². The van der Waals surface area contributed by atoms with Crippen molar-refractivity contribution >= 4 is 28.2 Å². The zero-order valence-electron chi connectivity index (χ0n) is 16.8. The van der Waals surface area contributed by atoms with Crippen molar-refractivity contribution in [3.8, 4) is 17.0 Å². The summed E-state index contributed by atoms with van der Waals surface area (Å²) in [5.74, 6) is 0.702. The van der Waals surface area contributed by atoms with E-state index in [9.17, 15) is 4.79 Å². The van der Waals surface area contributed by atoms with E-state index >= 15 is 0 Å². The lowest BCUT2D eigenvalue weighted by Gasteiger charge is -2.11. The first kappa shape index (κ1) is 19.1. The highest BCUT2D eigenvalue weighted by Crippen LogP contribution is 2.26. The largest absolute Gasteiger partial charge is 0.483 e. The van der Waals surface area contributed by atoms with Gasteiger partial charge in [-0.1, -0.05) is 35.9 Å². The van der Waals surface area contributed by atoms with Crippen molar-refractivity contribution in [3.63, 3.8) is 0 Å². The molecule has 1 amide bonds. The quantitative estimate of drug-likeness (QED) is 0.521. The van der Waals surface area contributed by atoms with Gasteiger partial charge in [-0.25, -0.2) is 4.52 Å². The van der Waals surface area contributed by atoms with Crippen LogP contribution in [0.3, 0.4) is 0 Å². The van der Waals surface area contributed by atoms with E-state index in [4.69, 9.17) is 4.74 Å². The Morgan fingerprint density at radius 2 is 1.86 bits per heavy atom. The predicted molar refractivity (Wildman–Crippen MR) is 116 cm³/mol. The number of benzene rings is 2. The van der Waals surface area contributed by atoms with Crippen LogP contribution in [0.15, 0.2) is 41.8 Å². The lowest BCUT2D eigenvalue weighted by atomic mass is 10.1. The lowest BCUT2D eigenvalue weighted by Crippen LogP contribution is -2.21. The smallest absolute Gasteiger partial charge is 0.264 e. The molecule has 2 aromatic carbocycles. The summed E-state index contributed by atoms with van der Waals surface area (Å²) in [7, 11) is 0. The summed E-state index contributed by atoms with van der Waals surface area (Å²) in [6.45, 7) is 7.98. The molecular formula is C22H22N4O2S. The normalized spacial score (nSPS) is 11.0. The molecule has 4 aromatic rings. The third-order valence-corrected chi connectivity index (χ3v) is 5.62. The summed E-state index contributed by atoms with van der Waals surface area (Å²) in [5, 5.41) is 9.18. The van der Waals surface area contributed by atoms with Gasteiger partial charge in [-0.3, -0.25) is 10.1 Å². The van der Waals surface area contributed by atoms with Gasteiger partial charge < -0.3 is 4.74 Å². The Balaban J connectivity index is 1.47. The Hall–Kier alpha value is -3.19. The van der Waals surface area contributed by atoms with Crippen molar-refractivity contribution in [2.24, 2.45) is 0 Å². The molecule has 148 valence electrons. The number of fused-ring (bicyclic) bond motifs is 1. The number of hydrogen-bond acceptors (Lipinski definition) is 5. The number of hydrogen-bond donors (Lipinski definition) is 1. The minimum absolute atomic E-state index is 0.0958. The molecule has 0 bridgehead atoms. The number of carbonyl (C=O) groups excluding carboxylic acids is 1. The molecule has 0 spiro atoms. The Kier molecular flexibility index (Phi) is 5.07. The summed E-state index contributed by atoms with van der Waals surface area (Å²) in [5.41, 5.74) is 6.47. The number of carbonyl (C=O) groups is 1. The molecule has 2 heterocycles. The van der Waals surface area contributed by atoms with E-state index in [1.807, 2.05) is 32.2 Å². The molecule has 29 heavy (non-hydrogen) atoms. The maximum Gasteiger partial charge on any atom is 0.264 e. The van der Waals surface area contributed by atoms with Crippen LogP contribution in [0.5, 0.6) is 5.75 Å². The van der Waals surface area contributed by atoms with Gasteiger partial charge in [0, 0.05) is 10.9 Å². The zero-order chi connectivity index (χ0) is 20.5. The first-order valence-electron chi connectivity index (χ1n) is 9.32. The van der Waals surface area contributed by atoms with Crippen molar-refractivity contribution in [3.05, 3.63) is 64.0 Å². The monoisotopic (exact) mass is 406 g/mol. The lowest BCUT2D eigenvalue weighted by molar-refractivity contribution is -0.118. The van der Waals surface area contributed by atoms with E-state index in [2.05, 4.69) is 52.7 Å². The average Bonchev–Trinajstić information content (AvgIpc) is 3.24. The fourth-order valence-corrected chi connectivity index (χ4v) is 3.94. The van der Waals surface area contributed by atoms with Gasteiger partial charge >= 0.3 is 0 Å². The van der Waals surface area contributed by atoms with Crippen LogP contribution in [-0.4, -0.2) is 27.1 Å². The summed E-state index contributed by atoms with van der Waals surface area (Å²) < 4.78 is 7.47. The Morgan fingerprint density at radius 1 is 1.10 bits per heavy atom. The van der Waals surface area contributed by atoms with Gasteiger partial charge in [0.2, 0.25) is 4.96 Å². The van der Waals surface area contributed by atoms with E-state index in [0.717, 1.165) is 38.7 Å². The topological polar surface area (TPSA) is 68.5 Å². The number of aromatic nitrogens is 3. The molecule has 6 nitrogen and oxygen atoms in total. The third kappa shape index (κ3) is 4.00. The van der Waals surface area contributed by atoms with Gasteiger partial charge in [0.25, 0.3) is 11.9 Å². The summed E-state index contributed by atoms with van der Waals surface area (Å²) >= 11 is 1.48. The van der Waals surface area contributed by atoms with E-state index in [-0.39, 0.29) is 18.5 Å². The zero-order valence-corrected chi connectivity index (χ0v) is 17.6. The molecular weight excluding hydrogens is 384 g/mol. The standard InChI is InChI=1S/C22H22N4O2S/c1-13-5-7-17(8-6-13)18-12-29-22-24-21(25-26(18)22)23-20(27)11-28-19-10-14(2)9-15(3)16(19)4/h5-10,12H,11H2,1-4H3,(H,23,25,27). The van der Waals surface area contributed by atoms with Gasteiger partial charge in [0.05, 0.1) is 5.69 Å². The van der Waals surface area contributed by atoms with E-state index < -0.39 is 0 Å². The molecule has 0 atom stereocenters. The SMILES string of the molecule is Cc1ccc(-c2csc3nc(NC(=O)COc4cc(C)cc(C)c4C)nn23)cc1. The second-order valence-corrected chi connectivity index (χ2v) is 8.00. The number of nitrogens with one attached hydrogen (secondary N) is 1. The Bertz CT molecular complexity index is 1190. The number of rotatable bonds is 5. The summed E-state index contributed by atoms with van der Waals surface area (Å²) in [6.07, 6.45) is 0. The highest BCUT2D eigenvalue weighted by Gasteiger charge is 2.14. The van der Waals surface area contributed by atoms with Crippen LogP contribution in [0.1, 0.15) is 22.3 Å². The molecule has 0 radical (unpaired) electrons. The van der Waals surface area contributed by atoms with Crippen molar-refractivity contribution in [1.82, 2.24) is 14.6 Å².